The Morgan fingerprint density at radius 3 is 2.77 bits per heavy atom. The van der Waals surface area contributed by atoms with Crippen LogP contribution < -0.4 is 4.74 Å². The monoisotopic (exact) mass is 318 g/mol. The molecule has 3 rings (SSSR count). The van der Waals surface area contributed by atoms with Gasteiger partial charge in [-0.3, -0.25) is 0 Å². The fourth-order valence-corrected chi connectivity index (χ4v) is 2.67. The lowest BCUT2D eigenvalue weighted by atomic mass is 9.94. The molecule has 2 aromatic carbocycles. The first-order valence-electron chi connectivity index (χ1n) is 6.61. The summed E-state index contributed by atoms with van der Waals surface area (Å²) in [6, 6.07) is 9.26. The predicted molar refractivity (Wildman–Crippen MR) is 81.8 cm³/mol. The van der Waals surface area contributed by atoms with Gasteiger partial charge < -0.3 is 9.47 Å². The molecule has 2 aromatic rings. The van der Waals surface area contributed by atoms with Gasteiger partial charge in [0.1, 0.15) is 18.2 Å². The molecule has 22 heavy (non-hydrogen) atoms. The summed E-state index contributed by atoms with van der Waals surface area (Å²) in [5, 5.41) is 0.308. The highest BCUT2D eigenvalue weighted by molar-refractivity contribution is 6.32. The number of halogens is 2. The second-order valence-electron chi connectivity index (χ2n) is 4.76. The zero-order valence-electron chi connectivity index (χ0n) is 11.7. The van der Waals surface area contributed by atoms with Crippen molar-refractivity contribution in [3.05, 3.63) is 70.0 Å². The Balaban J connectivity index is 2.12. The normalized spacial score (nSPS) is 13.0. The van der Waals surface area contributed by atoms with Gasteiger partial charge in [-0.1, -0.05) is 11.6 Å². The van der Waals surface area contributed by atoms with Crippen LogP contribution in [0.25, 0.3) is 5.57 Å². The maximum atomic E-state index is 13.2. The van der Waals surface area contributed by atoms with Crippen LogP contribution in [-0.2, 0) is 4.74 Å². The molecule has 0 saturated heterocycles. The van der Waals surface area contributed by atoms with E-state index in [2.05, 4.69) is 0 Å². The number of rotatable bonds is 2. The van der Waals surface area contributed by atoms with Crippen LogP contribution in [0.5, 0.6) is 5.75 Å². The van der Waals surface area contributed by atoms with E-state index in [0.717, 1.165) is 11.1 Å². The molecule has 0 unspecified atom stereocenters. The number of ether oxygens (including phenoxy) is 2. The van der Waals surface area contributed by atoms with Crippen molar-refractivity contribution >= 4 is 23.1 Å². The molecule has 0 aliphatic carbocycles. The number of hydrogen-bond donors (Lipinski definition) is 0. The van der Waals surface area contributed by atoms with Gasteiger partial charge in [0.25, 0.3) is 0 Å². The molecule has 0 fully saturated rings. The van der Waals surface area contributed by atoms with Crippen molar-refractivity contribution in [3.63, 3.8) is 0 Å². The highest BCUT2D eigenvalue weighted by atomic mass is 35.5. The summed E-state index contributed by atoms with van der Waals surface area (Å²) in [5.74, 6) is -0.187. The summed E-state index contributed by atoms with van der Waals surface area (Å²) in [5.41, 5.74) is 2.63. The van der Waals surface area contributed by atoms with Gasteiger partial charge in [0.15, 0.2) is 0 Å². The first-order valence-corrected chi connectivity index (χ1v) is 6.99. The van der Waals surface area contributed by atoms with E-state index in [-0.39, 0.29) is 0 Å². The van der Waals surface area contributed by atoms with Crippen molar-refractivity contribution in [1.29, 1.82) is 0 Å². The molecular formula is C17H12ClFO3. The van der Waals surface area contributed by atoms with E-state index < -0.39 is 11.8 Å². The Morgan fingerprint density at radius 1 is 1.23 bits per heavy atom. The third kappa shape index (κ3) is 2.57. The van der Waals surface area contributed by atoms with Crippen LogP contribution in [0.3, 0.4) is 0 Å². The molecule has 1 heterocycles. The topological polar surface area (TPSA) is 35.5 Å². The van der Waals surface area contributed by atoms with Crippen molar-refractivity contribution < 1.29 is 18.7 Å². The Morgan fingerprint density at radius 2 is 2.05 bits per heavy atom. The molecular weight excluding hydrogens is 307 g/mol. The standard InChI is InChI=1S/C17H12ClFO3/c1-21-17(20)10-2-5-16-14(8-10)12(6-7-22-16)13-4-3-11(19)9-15(13)18/h2-6,8-9H,7H2,1H3. The smallest absolute Gasteiger partial charge is 0.337 e. The minimum absolute atomic E-state index is 0.308. The molecule has 0 N–H and O–H groups in total. The number of carbonyl (C=O) groups is 1. The minimum Gasteiger partial charge on any atom is -0.489 e. The Bertz CT molecular complexity index is 783. The predicted octanol–water partition coefficient (Wildman–Crippen LogP) is 4.09. The molecule has 0 saturated carbocycles. The van der Waals surface area contributed by atoms with E-state index in [9.17, 15) is 9.18 Å². The van der Waals surface area contributed by atoms with Crippen LogP contribution in [0.4, 0.5) is 4.39 Å². The molecule has 112 valence electrons. The number of benzene rings is 2. The van der Waals surface area contributed by atoms with E-state index >= 15 is 0 Å². The van der Waals surface area contributed by atoms with Crippen molar-refractivity contribution in [2.45, 2.75) is 0 Å². The molecule has 0 atom stereocenters. The fraction of sp³-hybridized carbons (Fsp3) is 0.118. The van der Waals surface area contributed by atoms with Crippen molar-refractivity contribution in [1.82, 2.24) is 0 Å². The molecule has 0 aromatic heterocycles. The molecule has 1 aliphatic rings. The van der Waals surface area contributed by atoms with Crippen LogP contribution >= 0.6 is 11.6 Å². The highest BCUT2D eigenvalue weighted by Crippen LogP contribution is 2.37. The third-order valence-electron chi connectivity index (χ3n) is 3.44. The molecule has 5 heteroatoms. The number of esters is 1. The van der Waals surface area contributed by atoms with Crippen molar-refractivity contribution in [2.75, 3.05) is 13.7 Å². The zero-order chi connectivity index (χ0) is 15.7. The fourth-order valence-electron chi connectivity index (χ4n) is 2.40. The second kappa shape index (κ2) is 5.81. The van der Waals surface area contributed by atoms with Gasteiger partial charge in [-0.2, -0.15) is 0 Å². The van der Waals surface area contributed by atoms with E-state index in [1.54, 1.807) is 24.3 Å². The van der Waals surface area contributed by atoms with E-state index in [1.807, 2.05) is 6.08 Å². The van der Waals surface area contributed by atoms with Gasteiger partial charge in [0.05, 0.1) is 17.7 Å². The Labute approximate surface area is 131 Å². The summed E-state index contributed by atoms with van der Waals surface area (Å²) in [7, 11) is 1.33. The highest BCUT2D eigenvalue weighted by Gasteiger charge is 2.20. The van der Waals surface area contributed by atoms with Gasteiger partial charge in [-0.25, -0.2) is 9.18 Å². The van der Waals surface area contributed by atoms with E-state index in [0.29, 0.717) is 28.5 Å². The SMILES string of the molecule is COC(=O)c1ccc2c(c1)C(c1ccc(F)cc1Cl)=CCO2. The van der Waals surface area contributed by atoms with E-state index in [1.165, 1.54) is 19.2 Å². The van der Waals surface area contributed by atoms with Gasteiger partial charge >= 0.3 is 5.97 Å². The van der Waals surface area contributed by atoms with Crippen molar-refractivity contribution in [2.24, 2.45) is 0 Å². The lowest BCUT2D eigenvalue weighted by molar-refractivity contribution is 0.0600. The molecule has 1 aliphatic heterocycles. The lowest BCUT2D eigenvalue weighted by Crippen LogP contribution is -2.08. The average Bonchev–Trinajstić information content (AvgIpc) is 2.53. The molecule has 0 radical (unpaired) electrons. The minimum atomic E-state index is -0.432. The molecule has 0 amide bonds. The van der Waals surface area contributed by atoms with Crippen LogP contribution in [0.1, 0.15) is 21.5 Å². The molecule has 3 nitrogen and oxygen atoms in total. The maximum Gasteiger partial charge on any atom is 0.337 e. The third-order valence-corrected chi connectivity index (χ3v) is 3.75. The number of methoxy groups -OCH3 is 1. The first kappa shape index (κ1) is 14.6. The number of fused-ring (bicyclic) bond motifs is 1. The lowest BCUT2D eigenvalue weighted by Gasteiger charge is -2.20. The summed E-state index contributed by atoms with van der Waals surface area (Å²) >= 11 is 6.15. The van der Waals surface area contributed by atoms with Gasteiger partial charge in [-0.05, 0) is 48.0 Å². The van der Waals surface area contributed by atoms with E-state index in [4.69, 9.17) is 21.1 Å². The quantitative estimate of drug-likeness (QED) is 0.782. The average molecular weight is 319 g/mol. The summed E-state index contributed by atoms with van der Waals surface area (Å²) in [6.07, 6.45) is 1.85. The molecule has 0 spiro atoms. The van der Waals surface area contributed by atoms with Crippen LogP contribution in [-0.4, -0.2) is 19.7 Å². The van der Waals surface area contributed by atoms with Crippen LogP contribution in [0, 0.1) is 5.82 Å². The maximum absolute atomic E-state index is 13.2. The van der Waals surface area contributed by atoms with Gasteiger partial charge in [0.2, 0.25) is 0 Å². The van der Waals surface area contributed by atoms with Gasteiger partial charge in [-0.15, -0.1) is 0 Å². The zero-order valence-corrected chi connectivity index (χ0v) is 12.5. The summed E-state index contributed by atoms with van der Waals surface area (Å²) < 4.78 is 23.5. The summed E-state index contributed by atoms with van der Waals surface area (Å²) in [4.78, 5) is 11.7. The number of carbonyl (C=O) groups excluding carboxylic acids is 1. The largest absolute Gasteiger partial charge is 0.489 e. The first-order chi connectivity index (χ1) is 10.6. The molecule has 0 bridgehead atoms. The Hall–Kier alpha value is -2.33. The Kier molecular flexibility index (Phi) is 3.86. The number of hydrogen-bond acceptors (Lipinski definition) is 3. The second-order valence-corrected chi connectivity index (χ2v) is 5.16. The van der Waals surface area contributed by atoms with Crippen LogP contribution in [0.2, 0.25) is 5.02 Å². The summed E-state index contributed by atoms with van der Waals surface area (Å²) in [6.45, 7) is 0.383. The van der Waals surface area contributed by atoms with Gasteiger partial charge in [0, 0.05) is 11.1 Å². The van der Waals surface area contributed by atoms with Crippen molar-refractivity contribution in [3.8, 4) is 5.75 Å². The van der Waals surface area contributed by atoms with Crippen LogP contribution in [0.15, 0.2) is 42.5 Å².